The molecular formula is C17H22N4O3S. The summed E-state index contributed by atoms with van der Waals surface area (Å²) < 4.78 is 25.2. The summed E-state index contributed by atoms with van der Waals surface area (Å²) in [6.07, 6.45) is 1.64. The van der Waals surface area contributed by atoms with Crippen LogP contribution >= 0.6 is 0 Å². The largest absolute Gasteiger partial charge is 0.382 e. The van der Waals surface area contributed by atoms with E-state index in [2.05, 4.69) is 15.6 Å². The Labute approximate surface area is 148 Å². The van der Waals surface area contributed by atoms with Gasteiger partial charge in [0.1, 0.15) is 5.82 Å². The van der Waals surface area contributed by atoms with Gasteiger partial charge in [0.15, 0.2) is 0 Å². The number of amides is 1. The molecule has 0 saturated heterocycles. The van der Waals surface area contributed by atoms with Gasteiger partial charge in [-0.05, 0) is 50.2 Å². The lowest BCUT2D eigenvalue weighted by molar-refractivity contribution is 0.102. The van der Waals surface area contributed by atoms with Crippen LogP contribution in [-0.4, -0.2) is 43.8 Å². The van der Waals surface area contributed by atoms with E-state index in [1.54, 1.807) is 12.3 Å². The predicted molar refractivity (Wildman–Crippen MR) is 98.3 cm³/mol. The van der Waals surface area contributed by atoms with E-state index >= 15 is 0 Å². The number of sulfonamides is 1. The number of pyridine rings is 1. The summed E-state index contributed by atoms with van der Waals surface area (Å²) in [5.41, 5.74) is 1.22. The first-order chi connectivity index (χ1) is 11.7. The van der Waals surface area contributed by atoms with Crippen molar-refractivity contribution in [3.05, 3.63) is 48.2 Å². The Morgan fingerprint density at radius 2 is 1.72 bits per heavy atom. The first kappa shape index (κ1) is 18.9. The number of hydrogen-bond acceptors (Lipinski definition) is 5. The molecule has 0 spiro atoms. The molecule has 0 fully saturated rings. The van der Waals surface area contributed by atoms with E-state index in [0.29, 0.717) is 17.4 Å². The van der Waals surface area contributed by atoms with Crippen molar-refractivity contribution < 1.29 is 13.2 Å². The zero-order valence-electron chi connectivity index (χ0n) is 14.6. The smallest absolute Gasteiger partial charge is 0.256 e. The molecule has 0 aliphatic rings. The van der Waals surface area contributed by atoms with Gasteiger partial charge in [-0.1, -0.05) is 0 Å². The van der Waals surface area contributed by atoms with Gasteiger partial charge in [-0.15, -0.1) is 0 Å². The molecule has 0 radical (unpaired) electrons. The summed E-state index contributed by atoms with van der Waals surface area (Å²) in [4.78, 5) is 16.6. The van der Waals surface area contributed by atoms with Gasteiger partial charge in [0.05, 0.1) is 16.8 Å². The second kappa shape index (κ2) is 7.62. The molecule has 1 heterocycles. The number of nitrogens with one attached hydrogen (secondary N) is 2. The molecule has 134 valence electrons. The lowest BCUT2D eigenvalue weighted by Gasteiger charge is -2.12. The van der Waals surface area contributed by atoms with Crippen molar-refractivity contribution in [2.45, 2.75) is 24.8 Å². The molecule has 1 amide bonds. The van der Waals surface area contributed by atoms with Gasteiger partial charge in [0.25, 0.3) is 5.91 Å². The maximum atomic E-state index is 12.2. The van der Waals surface area contributed by atoms with Crippen LogP contribution in [0.15, 0.2) is 47.5 Å². The summed E-state index contributed by atoms with van der Waals surface area (Å²) in [7, 11) is -0.595. The Morgan fingerprint density at radius 3 is 2.20 bits per heavy atom. The highest BCUT2D eigenvalue weighted by molar-refractivity contribution is 7.89. The minimum Gasteiger partial charge on any atom is -0.382 e. The van der Waals surface area contributed by atoms with Crippen molar-refractivity contribution in [2.75, 3.05) is 24.7 Å². The number of benzene rings is 1. The maximum Gasteiger partial charge on any atom is 0.256 e. The molecule has 25 heavy (non-hydrogen) atoms. The lowest BCUT2D eigenvalue weighted by Crippen LogP contribution is -2.22. The van der Waals surface area contributed by atoms with E-state index in [0.717, 1.165) is 9.99 Å². The number of anilines is 2. The van der Waals surface area contributed by atoms with Crippen molar-refractivity contribution in [3.63, 3.8) is 0 Å². The van der Waals surface area contributed by atoms with E-state index < -0.39 is 10.0 Å². The van der Waals surface area contributed by atoms with Crippen molar-refractivity contribution in [3.8, 4) is 0 Å². The van der Waals surface area contributed by atoms with E-state index in [4.69, 9.17) is 0 Å². The normalized spacial score (nSPS) is 11.6. The van der Waals surface area contributed by atoms with Crippen molar-refractivity contribution in [1.29, 1.82) is 0 Å². The van der Waals surface area contributed by atoms with Crippen molar-refractivity contribution in [2.24, 2.45) is 0 Å². The van der Waals surface area contributed by atoms with Gasteiger partial charge in [-0.25, -0.2) is 17.7 Å². The second-order valence-corrected chi connectivity index (χ2v) is 8.15. The zero-order chi connectivity index (χ0) is 18.6. The standard InChI is InChI=1S/C17H22N4O3S/c1-12(2)19-14-7-10-16(18-11-14)20-17(22)13-5-8-15(9-6-13)25(23,24)21(3)4/h5-12,19H,1-4H3,(H,18,20,22). The molecule has 0 unspecified atom stereocenters. The van der Waals surface area contributed by atoms with Crippen LogP contribution in [0.1, 0.15) is 24.2 Å². The molecule has 7 nitrogen and oxygen atoms in total. The second-order valence-electron chi connectivity index (χ2n) is 6.00. The Kier molecular flexibility index (Phi) is 5.76. The summed E-state index contributed by atoms with van der Waals surface area (Å²) in [6.45, 7) is 4.05. The third-order valence-corrected chi connectivity index (χ3v) is 5.18. The molecule has 2 N–H and O–H groups in total. The Morgan fingerprint density at radius 1 is 1.08 bits per heavy atom. The highest BCUT2D eigenvalue weighted by atomic mass is 32.2. The molecule has 0 saturated carbocycles. The summed E-state index contributed by atoms with van der Waals surface area (Å²) in [6, 6.07) is 9.59. The van der Waals surface area contributed by atoms with Gasteiger partial charge >= 0.3 is 0 Å². The van der Waals surface area contributed by atoms with Crippen LogP contribution in [0.5, 0.6) is 0 Å². The molecule has 0 atom stereocenters. The fourth-order valence-corrected chi connectivity index (χ4v) is 2.97. The number of rotatable bonds is 6. The fraction of sp³-hybridized carbons (Fsp3) is 0.294. The number of carbonyl (C=O) groups is 1. The fourth-order valence-electron chi connectivity index (χ4n) is 2.06. The van der Waals surface area contributed by atoms with Gasteiger partial charge in [-0.3, -0.25) is 4.79 Å². The van der Waals surface area contributed by atoms with Gasteiger partial charge < -0.3 is 10.6 Å². The third kappa shape index (κ3) is 4.77. The average molecular weight is 362 g/mol. The first-order valence-corrected chi connectivity index (χ1v) is 9.20. The Hall–Kier alpha value is -2.45. The van der Waals surface area contributed by atoms with E-state index in [1.165, 1.54) is 38.4 Å². The van der Waals surface area contributed by atoms with Crippen LogP contribution in [0, 0.1) is 0 Å². The minimum absolute atomic E-state index is 0.135. The highest BCUT2D eigenvalue weighted by Gasteiger charge is 2.17. The van der Waals surface area contributed by atoms with E-state index in [9.17, 15) is 13.2 Å². The quantitative estimate of drug-likeness (QED) is 0.823. The monoisotopic (exact) mass is 362 g/mol. The number of hydrogen-bond donors (Lipinski definition) is 2. The summed E-state index contributed by atoms with van der Waals surface area (Å²) >= 11 is 0. The van der Waals surface area contributed by atoms with Crippen molar-refractivity contribution in [1.82, 2.24) is 9.29 Å². The van der Waals surface area contributed by atoms with Crippen LogP contribution in [0.25, 0.3) is 0 Å². The number of carbonyl (C=O) groups excluding carboxylic acids is 1. The topological polar surface area (TPSA) is 91.4 Å². The number of aromatic nitrogens is 1. The summed E-state index contributed by atoms with van der Waals surface area (Å²) in [5.74, 6) is 0.0650. The van der Waals surface area contributed by atoms with Gasteiger partial charge in [0, 0.05) is 25.7 Å². The SMILES string of the molecule is CC(C)Nc1ccc(NC(=O)c2ccc(S(=O)(=O)N(C)C)cc2)nc1. The van der Waals surface area contributed by atoms with Crippen LogP contribution in [0.4, 0.5) is 11.5 Å². The maximum absolute atomic E-state index is 12.2. The van der Waals surface area contributed by atoms with Crippen LogP contribution in [0.2, 0.25) is 0 Å². The molecule has 2 aromatic rings. The zero-order valence-corrected chi connectivity index (χ0v) is 15.5. The Balaban J connectivity index is 2.08. The van der Waals surface area contributed by atoms with Gasteiger partial charge in [0.2, 0.25) is 10.0 Å². The lowest BCUT2D eigenvalue weighted by atomic mass is 10.2. The summed E-state index contributed by atoms with van der Waals surface area (Å²) in [5, 5.41) is 5.89. The number of nitrogens with zero attached hydrogens (tertiary/aromatic N) is 2. The van der Waals surface area contributed by atoms with E-state index in [1.807, 2.05) is 19.9 Å². The average Bonchev–Trinajstić information content (AvgIpc) is 2.56. The van der Waals surface area contributed by atoms with Gasteiger partial charge in [-0.2, -0.15) is 0 Å². The van der Waals surface area contributed by atoms with Crippen LogP contribution < -0.4 is 10.6 Å². The Bertz CT molecular complexity index is 829. The molecule has 1 aromatic heterocycles. The van der Waals surface area contributed by atoms with Crippen LogP contribution in [0.3, 0.4) is 0 Å². The molecule has 2 rings (SSSR count). The van der Waals surface area contributed by atoms with E-state index in [-0.39, 0.29) is 10.8 Å². The molecule has 0 aliphatic carbocycles. The first-order valence-electron chi connectivity index (χ1n) is 7.76. The molecular weight excluding hydrogens is 340 g/mol. The van der Waals surface area contributed by atoms with Crippen LogP contribution in [-0.2, 0) is 10.0 Å². The molecule has 0 aliphatic heterocycles. The molecule has 8 heteroatoms. The third-order valence-electron chi connectivity index (χ3n) is 3.36. The van der Waals surface area contributed by atoms with Crippen molar-refractivity contribution >= 4 is 27.4 Å². The minimum atomic E-state index is -3.51. The predicted octanol–water partition coefficient (Wildman–Crippen LogP) is 2.40. The molecule has 0 bridgehead atoms. The highest BCUT2D eigenvalue weighted by Crippen LogP contribution is 2.16. The molecule has 1 aromatic carbocycles.